The summed E-state index contributed by atoms with van der Waals surface area (Å²) in [5.74, 6) is -3.81. The number of carbonyl (C=O) groups is 4. The first-order chi connectivity index (χ1) is 12.6. The van der Waals surface area contributed by atoms with Crippen LogP contribution in [0.25, 0.3) is 0 Å². The molecular weight excluding hydrogens is 364 g/mol. The second-order valence-electron chi connectivity index (χ2n) is 6.29. The molecule has 1 aliphatic heterocycles. The van der Waals surface area contributed by atoms with Crippen LogP contribution in [0.3, 0.4) is 0 Å². The Labute approximate surface area is 155 Å². The van der Waals surface area contributed by atoms with Gasteiger partial charge in [0, 0.05) is 6.54 Å². The van der Waals surface area contributed by atoms with E-state index < -0.39 is 67.2 Å². The van der Waals surface area contributed by atoms with Crippen molar-refractivity contribution in [1.82, 2.24) is 15.5 Å². The van der Waals surface area contributed by atoms with Gasteiger partial charge in [0.2, 0.25) is 17.7 Å². The van der Waals surface area contributed by atoms with E-state index in [2.05, 4.69) is 5.32 Å². The molecule has 1 fully saturated rings. The number of carbonyl (C=O) groups excluding carboxylic acids is 3. The van der Waals surface area contributed by atoms with E-state index in [4.69, 9.17) is 15.9 Å². The molecule has 0 aliphatic carbocycles. The van der Waals surface area contributed by atoms with Crippen LogP contribution in [0, 0.1) is 0 Å². The van der Waals surface area contributed by atoms with Crippen molar-refractivity contribution in [3.05, 3.63) is 0 Å². The zero-order valence-electron chi connectivity index (χ0n) is 14.9. The number of aliphatic hydroxyl groups is 3. The number of carboxylic acids is 1. The molecule has 154 valence electrons. The molecule has 3 amide bonds. The Balaban J connectivity index is 2.78. The van der Waals surface area contributed by atoms with Gasteiger partial charge >= 0.3 is 5.97 Å². The van der Waals surface area contributed by atoms with Crippen LogP contribution in [0.4, 0.5) is 0 Å². The molecule has 0 radical (unpaired) electrons. The lowest BCUT2D eigenvalue weighted by Crippen LogP contribution is -2.59. The maximum atomic E-state index is 12.4. The van der Waals surface area contributed by atoms with E-state index in [1.54, 1.807) is 0 Å². The van der Waals surface area contributed by atoms with Crippen molar-refractivity contribution in [2.24, 2.45) is 5.73 Å². The monoisotopic (exact) mass is 390 g/mol. The quantitative estimate of drug-likeness (QED) is 0.203. The summed E-state index contributed by atoms with van der Waals surface area (Å²) in [6.45, 7) is 0.0174. The van der Waals surface area contributed by atoms with Gasteiger partial charge in [-0.2, -0.15) is 0 Å². The highest BCUT2D eigenvalue weighted by Crippen LogP contribution is 2.18. The molecule has 0 aromatic heterocycles. The highest BCUT2D eigenvalue weighted by Gasteiger charge is 2.38. The van der Waals surface area contributed by atoms with Crippen molar-refractivity contribution < 1.29 is 39.6 Å². The lowest BCUT2D eigenvalue weighted by Gasteiger charge is -2.28. The summed E-state index contributed by atoms with van der Waals surface area (Å²) in [6.07, 6.45) is -0.577. The van der Waals surface area contributed by atoms with Crippen molar-refractivity contribution in [3.63, 3.8) is 0 Å². The molecule has 1 rings (SSSR count). The molecule has 8 N–H and O–H groups in total. The number of rotatable bonds is 9. The van der Waals surface area contributed by atoms with E-state index >= 15 is 0 Å². The standard InChI is InChI=1S/C15H26N4O8/c1-7(22)11(15(26)27)18-12(23)9(6-21)17-13(24)10-3-2-4-19(10)14(25)8(16)5-20/h7-11,20-22H,2-6,16H2,1H3,(H,17,24)(H,18,23)(H,26,27). The minimum atomic E-state index is -1.62. The highest BCUT2D eigenvalue weighted by molar-refractivity contribution is 5.94. The van der Waals surface area contributed by atoms with E-state index in [0.29, 0.717) is 12.8 Å². The molecule has 1 aliphatic rings. The number of nitrogens with zero attached hydrogens (tertiary/aromatic N) is 1. The Bertz CT molecular complexity index is 570. The van der Waals surface area contributed by atoms with Crippen LogP contribution in [0.5, 0.6) is 0 Å². The van der Waals surface area contributed by atoms with Crippen molar-refractivity contribution in [2.75, 3.05) is 19.8 Å². The number of likely N-dealkylation sites (tertiary alicyclic amines) is 1. The third kappa shape index (κ3) is 5.85. The van der Waals surface area contributed by atoms with E-state index in [0.717, 1.165) is 6.92 Å². The number of nitrogens with two attached hydrogens (primary N) is 1. The maximum Gasteiger partial charge on any atom is 0.328 e. The summed E-state index contributed by atoms with van der Waals surface area (Å²) in [5.41, 5.74) is 5.49. The van der Waals surface area contributed by atoms with Crippen LogP contribution in [0.2, 0.25) is 0 Å². The van der Waals surface area contributed by atoms with Gasteiger partial charge in [-0.3, -0.25) is 14.4 Å². The summed E-state index contributed by atoms with van der Waals surface area (Å²) >= 11 is 0. The van der Waals surface area contributed by atoms with E-state index in [1.165, 1.54) is 4.90 Å². The Morgan fingerprint density at radius 2 is 1.81 bits per heavy atom. The molecule has 0 aromatic carbocycles. The number of hydrogen-bond acceptors (Lipinski definition) is 8. The van der Waals surface area contributed by atoms with Gasteiger partial charge in [0.25, 0.3) is 0 Å². The summed E-state index contributed by atoms with van der Waals surface area (Å²) in [7, 11) is 0. The molecule has 12 nitrogen and oxygen atoms in total. The highest BCUT2D eigenvalue weighted by atomic mass is 16.4. The molecule has 27 heavy (non-hydrogen) atoms. The fourth-order valence-electron chi connectivity index (χ4n) is 2.70. The molecular formula is C15H26N4O8. The van der Waals surface area contributed by atoms with Crippen LogP contribution in [-0.2, 0) is 19.2 Å². The van der Waals surface area contributed by atoms with Crippen molar-refractivity contribution in [1.29, 1.82) is 0 Å². The predicted octanol–water partition coefficient (Wildman–Crippen LogP) is -4.28. The molecule has 1 heterocycles. The van der Waals surface area contributed by atoms with Crippen molar-refractivity contribution in [2.45, 2.75) is 50.0 Å². The lowest BCUT2D eigenvalue weighted by atomic mass is 10.1. The zero-order chi connectivity index (χ0) is 20.7. The number of nitrogens with one attached hydrogen (secondary N) is 2. The van der Waals surface area contributed by atoms with Gasteiger partial charge in [-0.15, -0.1) is 0 Å². The van der Waals surface area contributed by atoms with Crippen molar-refractivity contribution in [3.8, 4) is 0 Å². The fraction of sp³-hybridized carbons (Fsp3) is 0.733. The topological polar surface area (TPSA) is 203 Å². The van der Waals surface area contributed by atoms with Gasteiger partial charge < -0.3 is 41.7 Å². The van der Waals surface area contributed by atoms with Crippen molar-refractivity contribution >= 4 is 23.7 Å². The molecule has 12 heteroatoms. The Morgan fingerprint density at radius 1 is 1.19 bits per heavy atom. The van der Waals surface area contributed by atoms with Gasteiger partial charge in [-0.05, 0) is 19.8 Å². The largest absolute Gasteiger partial charge is 0.480 e. The fourth-order valence-corrected chi connectivity index (χ4v) is 2.70. The number of aliphatic hydroxyl groups excluding tert-OH is 3. The number of hydrogen-bond donors (Lipinski definition) is 7. The van der Waals surface area contributed by atoms with Crippen LogP contribution >= 0.6 is 0 Å². The average Bonchev–Trinajstić information content (AvgIpc) is 3.11. The van der Waals surface area contributed by atoms with E-state index in [-0.39, 0.29) is 6.54 Å². The van der Waals surface area contributed by atoms with Gasteiger partial charge in [-0.1, -0.05) is 0 Å². The van der Waals surface area contributed by atoms with E-state index in [1.807, 2.05) is 5.32 Å². The van der Waals surface area contributed by atoms with Gasteiger partial charge in [0.15, 0.2) is 6.04 Å². The van der Waals surface area contributed by atoms with E-state index in [9.17, 15) is 29.4 Å². The lowest BCUT2D eigenvalue weighted by molar-refractivity contribution is -0.146. The van der Waals surface area contributed by atoms with Gasteiger partial charge in [0.05, 0.1) is 19.3 Å². The summed E-state index contributed by atoms with van der Waals surface area (Å²) in [5, 5.41) is 41.0. The summed E-state index contributed by atoms with van der Waals surface area (Å²) in [6, 6.07) is -5.18. The van der Waals surface area contributed by atoms with Crippen LogP contribution in [0.1, 0.15) is 19.8 Å². The Kier molecular flexibility index (Phi) is 8.56. The average molecular weight is 390 g/mol. The summed E-state index contributed by atoms with van der Waals surface area (Å²) < 4.78 is 0. The van der Waals surface area contributed by atoms with Gasteiger partial charge in [0.1, 0.15) is 18.1 Å². The second kappa shape index (κ2) is 10.2. The molecule has 0 spiro atoms. The third-order valence-corrected chi connectivity index (χ3v) is 4.21. The minimum absolute atomic E-state index is 0.254. The first-order valence-corrected chi connectivity index (χ1v) is 8.43. The number of carboxylic acid groups (broad SMARTS) is 1. The second-order valence-corrected chi connectivity index (χ2v) is 6.29. The van der Waals surface area contributed by atoms with Crippen LogP contribution in [0.15, 0.2) is 0 Å². The van der Waals surface area contributed by atoms with Crippen LogP contribution in [-0.4, -0.2) is 99.0 Å². The molecule has 0 saturated carbocycles. The molecule has 1 saturated heterocycles. The Morgan fingerprint density at radius 3 is 2.30 bits per heavy atom. The van der Waals surface area contributed by atoms with Gasteiger partial charge in [-0.25, -0.2) is 4.79 Å². The zero-order valence-corrected chi connectivity index (χ0v) is 14.9. The number of aliphatic carboxylic acids is 1. The molecule has 5 atom stereocenters. The minimum Gasteiger partial charge on any atom is -0.480 e. The Hall–Kier alpha value is -2.28. The first-order valence-electron chi connectivity index (χ1n) is 8.43. The predicted molar refractivity (Wildman–Crippen MR) is 90.1 cm³/mol. The number of amides is 3. The third-order valence-electron chi connectivity index (χ3n) is 4.21. The normalized spacial score (nSPS) is 21.1. The summed E-state index contributed by atoms with van der Waals surface area (Å²) in [4.78, 5) is 48.9. The smallest absolute Gasteiger partial charge is 0.328 e. The maximum absolute atomic E-state index is 12.4. The van der Waals surface area contributed by atoms with Crippen LogP contribution < -0.4 is 16.4 Å². The molecule has 5 unspecified atom stereocenters. The molecule has 0 bridgehead atoms. The first kappa shape index (κ1) is 22.8. The molecule has 0 aromatic rings. The SMILES string of the molecule is CC(O)C(NC(=O)C(CO)NC(=O)C1CCCN1C(=O)C(N)CO)C(=O)O.